The third-order valence-electron chi connectivity index (χ3n) is 4.36. The molecular weight excluding hydrogens is 292 g/mol. The first-order chi connectivity index (χ1) is 11.0. The van der Waals surface area contributed by atoms with Crippen LogP contribution in [0, 0.1) is 0 Å². The van der Waals surface area contributed by atoms with Gasteiger partial charge in [-0.05, 0) is 26.2 Å². The van der Waals surface area contributed by atoms with Crippen LogP contribution in [-0.2, 0) is 4.79 Å². The van der Waals surface area contributed by atoms with Gasteiger partial charge in [0.05, 0.1) is 13.2 Å². The summed E-state index contributed by atoms with van der Waals surface area (Å²) < 4.78 is 0. The van der Waals surface area contributed by atoms with E-state index in [1.165, 1.54) is 0 Å². The van der Waals surface area contributed by atoms with E-state index >= 15 is 0 Å². The predicted octanol–water partition coefficient (Wildman–Crippen LogP) is 0.537. The lowest BCUT2D eigenvalue weighted by molar-refractivity contribution is -0.129. The molecule has 2 fully saturated rings. The molecule has 0 spiro atoms. The first-order valence-electron chi connectivity index (χ1n) is 8.32. The Bertz CT molecular complexity index is 517. The van der Waals surface area contributed by atoms with Crippen LogP contribution in [0.1, 0.15) is 26.2 Å². The zero-order chi connectivity index (χ0) is 16.8. The third kappa shape index (κ3) is 4.65. The molecule has 0 unspecified atom stereocenters. The van der Waals surface area contributed by atoms with Crippen LogP contribution < -0.4 is 5.73 Å². The second-order valence-corrected chi connectivity index (χ2v) is 6.32. The van der Waals surface area contributed by atoms with Gasteiger partial charge in [0.2, 0.25) is 0 Å². The van der Waals surface area contributed by atoms with Crippen LogP contribution in [0.15, 0.2) is 28.4 Å². The first kappa shape index (κ1) is 17.7. The molecule has 1 saturated carbocycles. The molecule has 6 nitrogen and oxygen atoms in total. The molecule has 1 heterocycles. The summed E-state index contributed by atoms with van der Waals surface area (Å²) in [6, 6.07) is 0. The SMILES string of the molecule is C=C(C)CN=C1CCCC1=C(N)C(=O)N1CCN(CCO)CC1. The van der Waals surface area contributed by atoms with Crippen molar-refractivity contribution in [3.05, 3.63) is 23.4 Å². The molecule has 0 aromatic heterocycles. The van der Waals surface area contributed by atoms with Gasteiger partial charge in [-0.3, -0.25) is 14.7 Å². The fourth-order valence-electron chi connectivity index (χ4n) is 3.04. The summed E-state index contributed by atoms with van der Waals surface area (Å²) in [5.74, 6) is -0.0754. The molecule has 1 aliphatic heterocycles. The van der Waals surface area contributed by atoms with E-state index in [0.717, 1.165) is 49.2 Å². The third-order valence-corrected chi connectivity index (χ3v) is 4.36. The quantitative estimate of drug-likeness (QED) is 0.572. The molecule has 0 atom stereocenters. The first-order valence-corrected chi connectivity index (χ1v) is 8.32. The summed E-state index contributed by atoms with van der Waals surface area (Å²) >= 11 is 0. The number of aliphatic imine (C=N–C) groups is 1. The Morgan fingerprint density at radius 2 is 2.00 bits per heavy atom. The van der Waals surface area contributed by atoms with Crippen LogP contribution >= 0.6 is 0 Å². The minimum atomic E-state index is -0.0754. The van der Waals surface area contributed by atoms with Crippen molar-refractivity contribution >= 4 is 11.6 Å². The molecule has 0 bridgehead atoms. The molecular formula is C17H28N4O2. The van der Waals surface area contributed by atoms with Gasteiger partial charge in [-0.25, -0.2) is 0 Å². The predicted molar refractivity (Wildman–Crippen MR) is 92.3 cm³/mol. The summed E-state index contributed by atoms with van der Waals surface area (Å²) in [5, 5.41) is 8.98. The van der Waals surface area contributed by atoms with Crippen molar-refractivity contribution in [3.63, 3.8) is 0 Å². The summed E-state index contributed by atoms with van der Waals surface area (Å²) in [6.45, 7) is 10.1. The zero-order valence-electron chi connectivity index (χ0n) is 14.1. The Morgan fingerprint density at radius 3 is 2.61 bits per heavy atom. The maximum atomic E-state index is 12.6. The molecule has 0 radical (unpaired) electrons. The van der Waals surface area contributed by atoms with Crippen molar-refractivity contribution in [3.8, 4) is 0 Å². The van der Waals surface area contributed by atoms with Crippen molar-refractivity contribution < 1.29 is 9.90 Å². The van der Waals surface area contributed by atoms with Gasteiger partial charge in [0, 0.05) is 44.0 Å². The monoisotopic (exact) mass is 320 g/mol. The molecule has 1 amide bonds. The highest BCUT2D eigenvalue weighted by molar-refractivity contribution is 6.09. The number of rotatable bonds is 5. The molecule has 128 valence electrons. The number of amides is 1. The molecule has 3 N–H and O–H groups in total. The Morgan fingerprint density at radius 1 is 1.30 bits per heavy atom. The van der Waals surface area contributed by atoms with E-state index < -0.39 is 0 Å². The van der Waals surface area contributed by atoms with Gasteiger partial charge in [-0.1, -0.05) is 12.2 Å². The van der Waals surface area contributed by atoms with Gasteiger partial charge in [-0.2, -0.15) is 0 Å². The lowest BCUT2D eigenvalue weighted by Crippen LogP contribution is -2.50. The molecule has 2 rings (SSSR count). The largest absolute Gasteiger partial charge is 0.395 e. The maximum absolute atomic E-state index is 12.6. The highest BCUT2D eigenvalue weighted by Gasteiger charge is 2.27. The number of β-amino-alcohol motifs (C(OH)–C–C–N with tert-alkyl or cyclic N) is 1. The van der Waals surface area contributed by atoms with Crippen LogP contribution in [0.4, 0.5) is 0 Å². The summed E-state index contributed by atoms with van der Waals surface area (Å²) in [4.78, 5) is 21.2. The minimum absolute atomic E-state index is 0.0754. The number of hydrogen-bond acceptors (Lipinski definition) is 5. The van der Waals surface area contributed by atoms with Crippen molar-refractivity contribution in [2.75, 3.05) is 45.9 Å². The van der Waals surface area contributed by atoms with Gasteiger partial charge in [0.25, 0.3) is 5.91 Å². The van der Waals surface area contributed by atoms with Crippen LogP contribution in [0.5, 0.6) is 0 Å². The molecule has 1 aliphatic carbocycles. The zero-order valence-corrected chi connectivity index (χ0v) is 14.1. The second-order valence-electron chi connectivity index (χ2n) is 6.32. The Hall–Kier alpha value is -1.66. The lowest BCUT2D eigenvalue weighted by Gasteiger charge is -2.34. The summed E-state index contributed by atoms with van der Waals surface area (Å²) in [6.07, 6.45) is 2.72. The number of piperazine rings is 1. The highest BCUT2D eigenvalue weighted by Crippen LogP contribution is 2.25. The van der Waals surface area contributed by atoms with E-state index in [1.54, 1.807) is 0 Å². The van der Waals surface area contributed by atoms with Gasteiger partial charge >= 0.3 is 0 Å². The van der Waals surface area contributed by atoms with E-state index in [-0.39, 0.29) is 12.5 Å². The van der Waals surface area contributed by atoms with Crippen molar-refractivity contribution in [1.82, 2.24) is 9.80 Å². The topological polar surface area (TPSA) is 82.2 Å². The van der Waals surface area contributed by atoms with E-state index in [2.05, 4.69) is 16.5 Å². The number of aliphatic hydroxyl groups is 1. The van der Waals surface area contributed by atoms with Crippen molar-refractivity contribution in [2.45, 2.75) is 26.2 Å². The fraction of sp³-hybridized carbons (Fsp3) is 0.647. The number of carbonyl (C=O) groups is 1. The van der Waals surface area contributed by atoms with Crippen LogP contribution in [0.2, 0.25) is 0 Å². The molecule has 0 aromatic carbocycles. The molecule has 6 heteroatoms. The highest BCUT2D eigenvalue weighted by atomic mass is 16.3. The molecule has 23 heavy (non-hydrogen) atoms. The van der Waals surface area contributed by atoms with E-state index in [0.29, 0.717) is 31.9 Å². The minimum Gasteiger partial charge on any atom is -0.395 e. The molecule has 1 saturated heterocycles. The van der Waals surface area contributed by atoms with Gasteiger partial charge < -0.3 is 15.7 Å². The fourth-order valence-corrected chi connectivity index (χ4v) is 3.04. The van der Waals surface area contributed by atoms with Gasteiger partial charge in [0.1, 0.15) is 5.70 Å². The number of hydrogen-bond donors (Lipinski definition) is 2. The van der Waals surface area contributed by atoms with Gasteiger partial charge in [-0.15, -0.1) is 0 Å². The standard InChI is InChI=1S/C17H28N4O2/c1-13(2)12-19-15-5-3-4-14(15)16(18)17(23)21-8-6-20(7-9-21)10-11-22/h22H,1,3-12,18H2,2H3. The lowest BCUT2D eigenvalue weighted by atomic mass is 10.1. The van der Waals surface area contributed by atoms with Crippen molar-refractivity contribution in [1.29, 1.82) is 0 Å². The van der Waals surface area contributed by atoms with Gasteiger partial charge in [0.15, 0.2) is 0 Å². The van der Waals surface area contributed by atoms with Crippen LogP contribution in [-0.4, -0.2) is 72.4 Å². The van der Waals surface area contributed by atoms with E-state index in [4.69, 9.17) is 10.8 Å². The van der Waals surface area contributed by atoms with Crippen LogP contribution in [0.25, 0.3) is 0 Å². The maximum Gasteiger partial charge on any atom is 0.270 e. The number of nitrogens with two attached hydrogens (primary N) is 1. The number of nitrogens with zero attached hydrogens (tertiary/aromatic N) is 3. The number of aliphatic hydroxyl groups excluding tert-OH is 1. The average molecular weight is 320 g/mol. The Labute approximate surface area is 138 Å². The molecule has 2 aliphatic rings. The Kier molecular flexibility index (Phi) is 6.36. The summed E-state index contributed by atoms with van der Waals surface area (Å²) in [5.41, 5.74) is 9.44. The normalized spacial score (nSPS) is 23.4. The Balaban J connectivity index is 2.03. The van der Waals surface area contributed by atoms with Crippen molar-refractivity contribution in [2.24, 2.45) is 10.7 Å². The second kappa shape index (κ2) is 8.26. The number of allylic oxidation sites excluding steroid dienone is 1. The van der Waals surface area contributed by atoms with E-state index in [1.807, 2.05) is 11.8 Å². The average Bonchev–Trinajstić information content (AvgIpc) is 3.01. The summed E-state index contributed by atoms with van der Waals surface area (Å²) in [7, 11) is 0. The number of carbonyl (C=O) groups excluding carboxylic acids is 1. The smallest absolute Gasteiger partial charge is 0.270 e. The van der Waals surface area contributed by atoms with Crippen LogP contribution in [0.3, 0.4) is 0 Å². The molecule has 0 aromatic rings. The van der Waals surface area contributed by atoms with E-state index in [9.17, 15) is 4.79 Å².